The number of ether oxygens (including phenoxy) is 1. The molecule has 2 N–H and O–H groups in total. The quantitative estimate of drug-likeness (QED) is 0.848. The topological polar surface area (TPSA) is 41.5 Å². The Balaban J connectivity index is 1.99. The van der Waals surface area contributed by atoms with Gasteiger partial charge in [0.25, 0.3) is 0 Å². The van der Waals surface area contributed by atoms with E-state index in [4.69, 9.17) is 4.74 Å². The van der Waals surface area contributed by atoms with Crippen molar-refractivity contribution in [2.24, 2.45) is 0 Å². The smallest absolute Gasteiger partial charge is 0.121 e. The Hall–Kier alpha value is -0.580. The van der Waals surface area contributed by atoms with Gasteiger partial charge in [0.2, 0.25) is 0 Å². The molecule has 4 heteroatoms. The van der Waals surface area contributed by atoms with E-state index in [0.29, 0.717) is 6.04 Å². The molecule has 3 nitrogen and oxygen atoms in total. The molecule has 1 saturated carbocycles. The lowest BCUT2D eigenvalue weighted by Gasteiger charge is -2.18. The molecule has 0 aliphatic heterocycles. The number of rotatable bonds is 6. The zero-order valence-electron chi connectivity index (χ0n) is 10.8. The number of halogens is 1. The van der Waals surface area contributed by atoms with Gasteiger partial charge in [0.15, 0.2) is 0 Å². The van der Waals surface area contributed by atoms with Crippen molar-refractivity contribution >= 4 is 15.9 Å². The predicted molar refractivity (Wildman–Crippen MR) is 75.8 cm³/mol. The van der Waals surface area contributed by atoms with Gasteiger partial charge in [-0.05, 0) is 50.5 Å². The van der Waals surface area contributed by atoms with Crippen molar-refractivity contribution in [1.82, 2.24) is 5.32 Å². The summed E-state index contributed by atoms with van der Waals surface area (Å²) in [5.74, 6) is 0.805. The summed E-state index contributed by atoms with van der Waals surface area (Å²) in [6.07, 6.45) is 1.90. The van der Waals surface area contributed by atoms with Crippen LogP contribution in [-0.4, -0.2) is 23.4 Å². The van der Waals surface area contributed by atoms with E-state index in [1.807, 2.05) is 25.1 Å². The zero-order valence-corrected chi connectivity index (χ0v) is 12.4. The van der Waals surface area contributed by atoms with Crippen LogP contribution in [0, 0.1) is 0 Å². The van der Waals surface area contributed by atoms with Gasteiger partial charge >= 0.3 is 0 Å². The lowest BCUT2D eigenvalue weighted by atomic mass is 10.2. The number of nitrogens with one attached hydrogen (secondary N) is 1. The standard InChI is InChI=1S/C14H20BrNO2/c1-9(17)10(2)18-13-5-6-14(15)11(7-13)8-16-12-3-4-12/h5-7,9-10,12,16-17H,3-4,8H2,1-2H3. The van der Waals surface area contributed by atoms with Crippen LogP contribution in [0.3, 0.4) is 0 Å². The second-order valence-corrected chi connectivity index (χ2v) is 5.83. The van der Waals surface area contributed by atoms with Crippen molar-refractivity contribution in [3.8, 4) is 5.75 Å². The molecule has 0 heterocycles. The van der Waals surface area contributed by atoms with Crippen LogP contribution < -0.4 is 10.1 Å². The molecule has 100 valence electrons. The molecule has 1 fully saturated rings. The maximum Gasteiger partial charge on any atom is 0.121 e. The van der Waals surface area contributed by atoms with E-state index < -0.39 is 6.10 Å². The maximum atomic E-state index is 9.44. The summed E-state index contributed by atoms with van der Waals surface area (Å²) in [5.41, 5.74) is 1.19. The fourth-order valence-electron chi connectivity index (χ4n) is 1.61. The van der Waals surface area contributed by atoms with Crippen LogP contribution in [0.15, 0.2) is 22.7 Å². The van der Waals surface area contributed by atoms with Crippen molar-refractivity contribution in [2.75, 3.05) is 0 Å². The van der Waals surface area contributed by atoms with Crippen LogP contribution in [0.2, 0.25) is 0 Å². The molecule has 0 bridgehead atoms. The number of hydrogen-bond donors (Lipinski definition) is 2. The van der Waals surface area contributed by atoms with E-state index in [0.717, 1.165) is 16.8 Å². The van der Waals surface area contributed by atoms with Crippen molar-refractivity contribution in [1.29, 1.82) is 0 Å². The summed E-state index contributed by atoms with van der Waals surface area (Å²) in [5, 5.41) is 12.9. The Bertz CT molecular complexity index is 405. The van der Waals surface area contributed by atoms with Gasteiger partial charge in [-0.1, -0.05) is 15.9 Å². The monoisotopic (exact) mass is 313 g/mol. The molecule has 0 aromatic heterocycles. The number of hydrogen-bond acceptors (Lipinski definition) is 3. The lowest BCUT2D eigenvalue weighted by Crippen LogP contribution is -2.25. The summed E-state index contributed by atoms with van der Waals surface area (Å²) < 4.78 is 6.79. The van der Waals surface area contributed by atoms with E-state index in [1.165, 1.54) is 18.4 Å². The van der Waals surface area contributed by atoms with Crippen LogP contribution >= 0.6 is 15.9 Å². The molecule has 0 radical (unpaired) electrons. The molecule has 0 amide bonds. The molecule has 2 unspecified atom stereocenters. The molecule has 1 aromatic rings. The van der Waals surface area contributed by atoms with Gasteiger partial charge in [0.1, 0.15) is 11.9 Å². The van der Waals surface area contributed by atoms with Gasteiger partial charge in [0, 0.05) is 17.1 Å². The summed E-state index contributed by atoms with van der Waals surface area (Å²) in [6.45, 7) is 4.46. The largest absolute Gasteiger partial charge is 0.488 e. The molecule has 1 aliphatic carbocycles. The van der Waals surface area contributed by atoms with Crippen molar-refractivity contribution in [2.45, 2.75) is 51.5 Å². The third kappa shape index (κ3) is 3.97. The Morgan fingerprint density at radius 2 is 2.17 bits per heavy atom. The average Bonchev–Trinajstić information content (AvgIpc) is 3.13. The summed E-state index contributed by atoms with van der Waals surface area (Å²) in [7, 11) is 0. The highest BCUT2D eigenvalue weighted by atomic mass is 79.9. The molecule has 18 heavy (non-hydrogen) atoms. The second kappa shape index (κ2) is 6.04. The Kier molecular flexibility index (Phi) is 4.65. The van der Waals surface area contributed by atoms with E-state index in [9.17, 15) is 5.11 Å². The van der Waals surface area contributed by atoms with Crippen LogP contribution in [0.5, 0.6) is 5.75 Å². The number of aliphatic hydroxyl groups excluding tert-OH is 1. The average molecular weight is 314 g/mol. The van der Waals surface area contributed by atoms with Crippen LogP contribution in [0.4, 0.5) is 0 Å². The van der Waals surface area contributed by atoms with Crippen molar-refractivity contribution in [3.05, 3.63) is 28.2 Å². The minimum Gasteiger partial charge on any atom is -0.488 e. The fourth-order valence-corrected chi connectivity index (χ4v) is 2.00. The third-order valence-corrected chi connectivity index (χ3v) is 3.95. The minimum absolute atomic E-state index is 0.199. The number of benzene rings is 1. The van der Waals surface area contributed by atoms with Gasteiger partial charge in [-0.3, -0.25) is 0 Å². The molecular weight excluding hydrogens is 294 g/mol. The highest BCUT2D eigenvalue weighted by molar-refractivity contribution is 9.10. The van der Waals surface area contributed by atoms with Crippen LogP contribution in [-0.2, 0) is 6.54 Å². The van der Waals surface area contributed by atoms with Crippen molar-refractivity contribution in [3.63, 3.8) is 0 Å². The zero-order chi connectivity index (χ0) is 13.1. The molecular formula is C14H20BrNO2. The first-order chi connectivity index (χ1) is 8.56. The SMILES string of the molecule is CC(O)C(C)Oc1ccc(Br)c(CNC2CC2)c1. The first kappa shape index (κ1) is 13.8. The maximum absolute atomic E-state index is 9.44. The molecule has 0 spiro atoms. The highest BCUT2D eigenvalue weighted by Gasteiger charge is 2.20. The van der Waals surface area contributed by atoms with E-state index in [1.54, 1.807) is 6.92 Å². The Morgan fingerprint density at radius 1 is 1.44 bits per heavy atom. The highest BCUT2D eigenvalue weighted by Crippen LogP contribution is 2.25. The second-order valence-electron chi connectivity index (χ2n) is 4.97. The van der Waals surface area contributed by atoms with Crippen molar-refractivity contribution < 1.29 is 9.84 Å². The van der Waals surface area contributed by atoms with E-state index >= 15 is 0 Å². The summed E-state index contributed by atoms with van der Waals surface area (Å²) in [6, 6.07) is 6.63. The van der Waals surface area contributed by atoms with Gasteiger partial charge in [-0.25, -0.2) is 0 Å². The molecule has 1 aromatic carbocycles. The van der Waals surface area contributed by atoms with E-state index in [2.05, 4.69) is 21.2 Å². The van der Waals surface area contributed by atoms with Gasteiger partial charge in [-0.15, -0.1) is 0 Å². The van der Waals surface area contributed by atoms with E-state index in [-0.39, 0.29) is 6.10 Å². The third-order valence-electron chi connectivity index (χ3n) is 3.18. The number of aliphatic hydroxyl groups is 1. The first-order valence-corrected chi connectivity index (χ1v) is 7.22. The minimum atomic E-state index is -0.471. The van der Waals surface area contributed by atoms with Crippen LogP contribution in [0.1, 0.15) is 32.3 Å². The summed E-state index contributed by atoms with van der Waals surface area (Å²) in [4.78, 5) is 0. The molecule has 1 aliphatic rings. The summed E-state index contributed by atoms with van der Waals surface area (Å²) >= 11 is 3.55. The predicted octanol–water partition coefficient (Wildman–Crippen LogP) is 2.85. The molecule has 2 rings (SSSR count). The molecule has 0 saturated heterocycles. The Labute approximate surface area is 117 Å². The van der Waals surface area contributed by atoms with Crippen LogP contribution in [0.25, 0.3) is 0 Å². The fraction of sp³-hybridized carbons (Fsp3) is 0.571. The lowest BCUT2D eigenvalue weighted by molar-refractivity contribution is 0.0604. The first-order valence-electron chi connectivity index (χ1n) is 6.43. The normalized spacial score (nSPS) is 18.4. The van der Waals surface area contributed by atoms with Gasteiger partial charge in [-0.2, -0.15) is 0 Å². The van der Waals surface area contributed by atoms with Gasteiger partial charge < -0.3 is 15.2 Å². The molecule has 2 atom stereocenters. The van der Waals surface area contributed by atoms with Gasteiger partial charge in [0.05, 0.1) is 6.10 Å². The Morgan fingerprint density at radius 3 is 2.78 bits per heavy atom.